The van der Waals surface area contributed by atoms with Gasteiger partial charge in [-0.2, -0.15) is 0 Å². The number of fused-ring (bicyclic) bond motifs is 1. The van der Waals surface area contributed by atoms with Crippen LogP contribution in [0.25, 0.3) is 0 Å². The molecule has 0 saturated carbocycles. The van der Waals surface area contributed by atoms with Crippen LogP contribution in [0.1, 0.15) is 41.3 Å². The first-order valence-corrected chi connectivity index (χ1v) is 10.4. The van der Waals surface area contributed by atoms with Crippen LogP contribution in [0.2, 0.25) is 0 Å². The summed E-state index contributed by atoms with van der Waals surface area (Å²) in [6, 6.07) is 12.0. The Balaban J connectivity index is 1.45. The topological polar surface area (TPSA) is 60.8 Å². The van der Waals surface area contributed by atoms with Crippen molar-refractivity contribution in [2.45, 2.75) is 38.3 Å². The molecule has 4 rings (SSSR count). The van der Waals surface area contributed by atoms with Gasteiger partial charge in [0.25, 0.3) is 5.56 Å². The fraction of sp³-hybridized carbons (Fsp3) is 0.478. The molecule has 3 heterocycles. The van der Waals surface area contributed by atoms with E-state index in [1.54, 1.807) is 4.57 Å². The van der Waals surface area contributed by atoms with Crippen LogP contribution in [0, 0.1) is 0 Å². The zero-order valence-corrected chi connectivity index (χ0v) is 16.9. The van der Waals surface area contributed by atoms with Gasteiger partial charge in [0.05, 0.1) is 13.2 Å². The summed E-state index contributed by atoms with van der Waals surface area (Å²) in [6.07, 6.45) is 4.10. The van der Waals surface area contributed by atoms with E-state index in [0.29, 0.717) is 18.5 Å². The minimum absolute atomic E-state index is 0.203. The normalized spacial score (nSPS) is 21.8. The molecule has 1 saturated heterocycles. The lowest BCUT2D eigenvalue weighted by molar-refractivity contribution is -0.00292. The van der Waals surface area contributed by atoms with Gasteiger partial charge in [-0.15, -0.1) is 0 Å². The van der Waals surface area contributed by atoms with Crippen LogP contribution in [0.5, 0.6) is 0 Å². The van der Waals surface area contributed by atoms with Gasteiger partial charge in [-0.1, -0.05) is 30.3 Å². The average molecular weight is 396 g/mol. The van der Waals surface area contributed by atoms with Gasteiger partial charge in [0.15, 0.2) is 0 Å². The molecule has 1 aromatic heterocycles. The number of nitrogens with zero attached hydrogens (tertiary/aromatic N) is 2. The van der Waals surface area contributed by atoms with Crippen molar-refractivity contribution in [2.24, 2.45) is 0 Å². The Morgan fingerprint density at radius 2 is 1.79 bits per heavy atom. The van der Waals surface area contributed by atoms with E-state index in [-0.39, 0.29) is 11.1 Å². The number of ether oxygens (including phenoxy) is 2. The van der Waals surface area contributed by atoms with E-state index < -0.39 is 11.6 Å². The molecule has 2 aliphatic heterocycles. The molecule has 6 nitrogen and oxygen atoms in total. The minimum Gasteiger partial charge on any atom is -0.451 e. The van der Waals surface area contributed by atoms with Crippen LogP contribution in [-0.2, 0) is 28.0 Å². The molecule has 6 heteroatoms. The molecule has 1 fully saturated rings. The first-order chi connectivity index (χ1) is 14.1. The van der Waals surface area contributed by atoms with E-state index in [0.717, 1.165) is 45.7 Å². The molecule has 2 aliphatic rings. The quantitative estimate of drug-likeness (QED) is 0.674. The highest BCUT2D eigenvalue weighted by atomic mass is 16.6. The zero-order chi connectivity index (χ0) is 20.3. The van der Waals surface area contributed by atoms with Crippen LogP contribution in [0.15, 0.2) is 47.4 Å². The van der Waals surface area contributed by atoms with Crippen molar-refractivity contribution in [2.75, 3.05) is 32.8 Å². The molecule has 1 atom stereocenters. The Morgan fingerprint density at radius 3 is 2.55 bits per heavy atom. The lowest BCUT2D eigenvalue weighted by Crippen LogP contribution is -2.37. The number of pyridine rings is 1. The standard InChI is InChI=1S/C23H28N2O4/c1-23(10-8-18-6-3-2-4-7-18)19-9-13-25(21(26)20(19)22(27)29-23)12-5-11-24-14-16-28-17-15-24/h2-4,6-7,9,13H,5,8,10-12,14-17H2,1H3. The molecule has 29 heavy (non-hydrogen) atoms. The number of hydrogen-bond acceptors (Lipinski definition) is 5. The minimum atomic E-state index is -0.756. The highest BCUT2D eigenvalue weighted by molar-refractivity contribution is 5.94. The highest BCUT2D eigenvalue weighted by Gasteiger charge is 2.43. The number of morpholine rings is 1. The van der Waals surface area contributed by atoms with Gasteiger partial charge < -0.3 is 14.0 Å². The Morgan fingerprint density at radius 1 is 1.03 bits per heavy atom. The van der Waals surface area contributed by atoms with Gasteiger partial charge in [-0.05, 0) is 37.8 Å². The molecule has 0 N–H and O–H groups in total. The summed E-state index contributed by atoms with van der Waals surface area (Å²) in [4.78, 5) is 27.8. The van der Waals surface area contributed by atoms with Crippen LogP contribution in [0.4, 0.5) is 0 Å². The second-order valence-electron chi connectivity index (χ2n) is 8.02. The molecule has 0 aliphatic carbocycles. The predicted molar refractivity (Wildman–Crippen MR) is 110 cm³/mol. The molecule has 0 radical (unpaired) electrons. The first-order valence-electron chi connectivity index (χ1n) is 10.4. The third-order valence-electron chi connectivity index (χ3n) is 5.97. The van der Waals surface area contributed by atoms with Crippen molar-refractivity contribution in [1.29, 1.82) is 0 Å². The Labute approximate surface area is 171 Å². The van der Waals surface area contributed by atoms with Crippen molar-refractivity contribution in [3.8, 4) is 0 Å². The van der Waals surface area contributed by atoms with Gasteiger partial charge in [-0.25, -0.2) is 4.79 Å². The number of hydrogen-bond donors (Lipinski definition) is 0. The van der Waals surface area contributed by atoms with Gasteiger partial charge >= 0.3 is 5.97 Å². The fourth-order valence-electron chi connectivity index (χ4n) is 4.20. The Bertz CT molecular complexity index is 918. The van der Waals surface area contributed by atoms with Crippen molar-refractivity contribution >= 4 is 5.97 Å². The van der Waals surface area contributed by atoms with Crippen molar-refractivity contribution in [1.82, 2.24) is 9.47 Å². The number of aryl methyl sites for hydroxylation is 2. The number of benzene rings is 1. The third-order valence-corrected chi connectivity index (χ3v) is 5.97. The number of carbonyl (C=O) groups excluding carboxylic acids is 1. The lowest BCUT2D eigenvalue weighted by atomic mass is 9.89. The molecule has 0 spiro atoms. The van der Waals surface area contributed by atoms with Crippen molar-refractivity contribution in [3.63, 3.8) is 0 Å². The van der Waals surface area contributed by atoms with Crippen LogP contribution in [-0.4, -0.2) is 48.3 Å². The maximum atomic E-state index is 12.9. The Hall–Kier alpha value is -2.44. The van der Waals surface area contributed by atoms with E-state index in [4.69, 9.17) is 9.47 Å². The van der Waals surface area contributed by atoms with Gasteiger partial charge in [0, 0.05) is 37.9 Å². The number of cyclic esters (lactones) is 1. The molecule has 154 valence electrons. The van der Waals surface area contributed by atoms with Gasteiger partial charge in [-0.3, -0.25) is 9.69 Å². The fourth-order valence-corrected chi connectivity index (χ4v) is 4.20. The summed E-state index contributed by atoms with van der Waals surface area (Å²) in [5.41, 5.74) is 1.11. The highest BCUT2D eigenvalue weighted by Crippen LogP contribution is 2.38. The summed E-state index contributed by atoms with van der Waals surface area (Å²) in [6.45, 7) is 6.83. The number of aromatic nitrogens is 1. The molecule has 0 bridgehead atoms. The predicted octanol–water partition coefficient (Wildman–Crippen LogP) is 2.59. The first kappa shape index (κ1) is 19.9. The summed E-state index contributed by atoms with van der Waals surface area (Å²) in [5.74, 6) is -0.497. The van der Waals surface area contributed by atoms with Crippen LogP contribution < -0.4 is 5.56 Å². The van der Waals surface area contributed by atoms with Crippen LogP contribution >= 0.6 is 0 Å². The molecular weight excluding hydrogens is 368 g/mol. The van der Waals surface area contributed by atoms with E-state index in [1.807, 2.05) is 37.4 Å². The van der Waals surface area contributed by atoms with E-state index >= 15 is 0 Å². The third kappa shape index (κ3) is 4.28. The summed E-state index contributed by atoms with van der Waals surface area (Å²) in [7, 11) is 0. The van der Waals surface area contributed by atoms with E-state index in [2.05, 4.69) is 17.0 Å². The monoisotopic (exact) mass is 396 g/mol. The molecule has 2 aromatic rings. The summed E-state index contributed by atoms with van der Waals surface area (Å²) in [5, 5.41) is 0. The second kappa shape index (κ2) is 8.51. The summed E-state index contributed by atoms with van der Waals surface area (Å²) >= 11 is 0. The maximum absolute atomic E-state index is 12.9. The average Bonchev–Trinajstić information content (AvgIpc) is 3.01. The lowest BCUT2D eigenvalue weighted by Gasteiger charge is -2.26. The van der Waals surface area contributed by atoms with E-state index in [9.17, 15) is 9.59 Å². The molecule has 0 amide bonds. The van der Waals surface area contributed by atoms with Gasteiger partial charge in [0.1, 0.15) is 11.2 Å². The molecular formula is C23H28N2O4. The van der Waals surface area contributed by atoms with Crippen molar-refractivity contribution in [3.05, 3.63) is 69.6 Å². The molecule has 1 unspecified atom stereocenters. The Kier molecular flexibility index (Phi) is 5.83. The number of carbonyl (C=O) groups is 1. The second-order valence-corrected chi connectivity index (χ2v) is 8.02. The summed E-state index contributed by atoms with van der Waals surface area (Å²) < 4.78 is 12.7. The largest absolute Gasteiger partial charge is 0.451 e. The zero-order valence-electron chi connectivity index (χ0n) is 16.9. The maximum Gasteiger partial charge on any atom is 0.345 e. The number of rotatable bonds is 7. The smallest absolute Gasteiger partial charge is 0.345 e. The van der Waals surface area contributed by atoms with Crippen LogP contribution in [0.3, 0.4) is 0 Å². The SMILES string of the molecule is CC1(CCc2ccccc2)OC(=O)c2c1ccn(CCCN1CCOCC1)c2=O. The molecule has 1 aromatic carbocycles. The van der Waals surface area contributed by atoms with Crippen molar-refractivity contribution < 1.29 is 14.3 Å². The number of esters is 1. The van der Waals surface area contributed by atoms with E-state index in [1.165, 1.54) is 5.56 Å². The van der Waals surface area contributed by atoms with Gasteiger partial charge in [0.2, 0.25) is 0 Å².